The van der Waals surface area contributed by atoms with Gasteiger partial charge in [0.15, 0.2) is 0 Å². The van der Waals surface area contributed by atoms with Gasteiger partial charge in [-0.05, 0) is 24.8 Å². The lowest BCUT2D eigenvalue weighted by Crippen LogP contribution is -2.45. The lowest BCUT2D eigenvalue weighted by Gasteiger charge is -2.36. The van der Waals surface area contributed by atoms with Crippen molar-refractivity contribution in [3.05, 3.63) is 23.8 Å². The Bertz CT molecular complexity index is 554. The summed E-state index contributed by atoms with van der Waals surface area (Å²) >= 11 is 0. The van der Waals surface area contributed by atoms with Crippen LogP contribution in [0.15, 0.2) is 18.2 Å². The highest BCUT2D eigenvalue weighted by Crippen LogP contribution is 2.37. The summed E-state index contributed by atoms with van der Waals surface area (Å²) in [6, 6.07) is 4.52. The zero-order valence-corrected chi connectivity index (χ0v) is 17.5. The molecule has 1 aromatic rings. The monoisotopic (exact) mass is 432 g/mol. The maximum Gasteiger partial charge on any atom is 0.573 e. The van der Waals surface area contributed by atoms with Crippen molar-refractivity contribution < 1.29 is 22.6 Å². The van der Waals surface area contributed by atoms with Gasteiger partial charge >= 0.3 is 6.36 Å². The van der Waals surface area contributed by atoms with Crippen LogP contribution in [0.4, 0.5) is 13.2 Å². The first-order chi connectivity index (χ1) is 11.8. The van der Waals surface area contributed by atoms with Crippen LogP contribution in [0.1, 0.15) is 38.3 Å². The van der Waals surface area contributed by atoms with Crippen molar-refractivity contribution in [3.8, 4) is 11.5 Å². The number of nitrogens with zero attached hydrogens (tertiary/aromatic N) is 1. The quantitative estimate of drug-likeness (QED) is 0.669. The number of hydrogen-bond donors (Lipinski definition) is 1. The minimum absolute atomic E-state index is 0. The lowest BCUT2D eigenvalue weighted by atomic mass is 9.95. The summed E-state index contributed by atoms with van der Waals surface area (Å²) in [5.74, 6) is 0.745. The van der Waals surface area contributed by atoms with Gasteiger partial charge in [0.2, 0.25) is 0 Å². The van der Waals surface area contributed by atoms with Gasteiger partial charge in [0, 0.05) is 43.9 Å². The lowest BCUT2D eigenvalue weighted by molar-refractivity contribution is -0.274. The highest BCUT2D eigenvalue weighted by molar-refractivity contribution is 5.85. The van der Waals surface area contributed by atoms with Crippen LogP contribution < -0.4 is 14.8 Å². The fraction of sp³-hybridized carbons (Fsp3) is 0.667. The second-order valence-corrected chi connectivity index (χ2v) is 6.72. The largest absolute Gasteiger partial charge is 0.573 e. The van der Waals surface area contributed by atoms with Gasteiger partial charge in [0.05, 0.1) is 7.11 Å². The molecule has 1 fully saturated rings. The van der Waals surface area contributed by atoms with Gasteiger partial charge in [0.25, 0.3) is 0 Å². The summed E-state index contributed by atoms with van der Waals surface area (Å²) in [4.78, 5) is 2.38. The summed E-state index contributed by atoms with van der Waals surface area (Å²) in [7, 11) is 1.48. The molecule has 1 aliphatic rings. The Kier molecular flexibility index (Phi) is 11.5. The summed E-state index contributed by atoms with van der Waals surface area (Å²) in [6.45, 7) is 7.99. The van der Waals surface area contributed by atoms with Gasteiger partial charge in [-0.1, -0.05) is 19.9 Å². The molecule has 27 heavy (non-hydrogen) atoms. The van der Waals surface area contributed by atoms with Gasteiger partial charge in [-0.2, -0.15) is 0 Å². The number of benzene rings is 1. The predicted octanol–water partition coefficient (Wildman–Crippen LogP) is 4.82. The zero-order chi connectivity index (χ0) is 18.4. The highest BCUT2D eigenvalue weighted by Gasteiger charge is 2.32. The van der Waals surface area contributed by atoms with E-state index >= 15 is 0 Å². The molecule has 0 spiro atoms. The molecule has 1 N–H and O–H groups in total. The maximum absolute atomic E-state index is 12.5. The zero-order valence-electron chi connectivity index (χ0n) is 15.8. The molecule has 1 aliphatic heterocycles. The van der Waals surface area contributed by atoms with Crippen LogP contribution in [-0.2, 0) is 0 Å². The van der Waals surface area contributed by atoms with Gasteiger partial charge in [0.1, 0.15) is 11.5 Å². The minimum atomic E-state index is -4.71. The molecule has 4 nitrogen and oxygen atoms in total. The van der Waals surface area contributed by atoms with Crippen LogP contribution in [0, 0.1) is 5.92 Å². The van der Waals surface area contributed by atoms with E-state index in [1.807, 2.05) is 0 Å². The number of ether oxygens (including phenoxy) is 2. The van der Waals surface area contributed by atoms with Gasteiger partial charge in [-0.15, -0.1) is 38.0 Å². The molecule has 158 valence electrons. The van der Waals surface area contributed by atoms with E-state index in [2.05, 4.69) is 28.8 Å². The Labute approximate surface area is 171 Å². The molecule has 0 aromatic heterocycles. The highest BCUT2D eigenvalue weighted by atomic mass is 35.5. The van der Waals surface area contributed by atoms with E-state index in [4.69, 9.17) is 4.74 Å². The summed E-state index contributed by atoms with van der Waals surface area (Å²) < 4.78 is 46.8. The van der Waals surface area contributed by atoms with Crippen molar-refractivity contribution in [2.45, 2.75) is 39.1 Å². The number of piperazine rings is 1. The van der Waals surface area contributed by atoms with Crippen LogP contribution in [0.3, 0.4) is 0 Å². The molecule has 0 aliphatic carbocycles. The van der Waals surface area contributed by atoms with Crippen molar-refractivity contribution in [2.24, 2.45) is 5.92 Å². The third kappa shape index (κ3) is 8.34. The standard InChI is InChI=1S/C18H27F3N2O2.2ClH/c1-13(2)4-7-16(23-10-8-22-9-11-23)15-6-5-14(12-17(15)24-3)25-18(19,20)21;;/h5-6,12-13,16,22H,4,7-11H2,1-3H3;2*1H/t16-;;/m1../s1. The topological polar surface area (TPSA) is 33.7 Å². The summed E-state index contributed by atoms with van der Waals surface area (Å²) in [6.07, 6.45) is -2.73. The second kappa shape index (κ2) is 11.8. The second-order valence-electron chi connectivity index (χ2n) is 6.72. The van der Waals surface area contributed by atoms with E-state index in [0.29, 0.717) is 11.7 Å². The molecular formula is C18H29Cl2F3N2O2. The molecule has 1 heterocycles. The smallest absolute Gasteiger partial charge is 0.496 e. The molecule has 0 radical (unpaired) electrons. The number of rotatable bonds is 7. The Morgan fingerprint density at radius 2 is 1.74 bits per heavy atom. The number of alkyl halides is 3. The predicted molar refractivity (Wildman–Crippen MR) is 105 cm³/mol. The normalized spacial score (nSPS) is 16.3. The van der Waals surface area contributed by atoms with Crippen molar-refractivity contribution in [1.29, 1.82) is 0 Å². The van der Waals surface area contributed by atoms with Gasteiger partial charge < -0.3 is 14.8 Å². The molecule has 1 saturated heterocycles. The van der Waals surface area contributed by atoms with Crippen molar-refractivity contribution in [2.75, 3.05) is 33.3 Å². The average Bonchev–Trinajstić information content (AvgIpc) is 2.55. The molecule has 9 heteroatoms. The molecule has 0 saturated carbocycles. The Morgan fingerprint density at radius 1 is 1.11 bits per heavy atom. The number of nitrogens with one attached hydrogen (secondary N) is 1. The van der Waals surface area contributed by atoms with Gasteiger partial charge in [-0.3, -0.25) is 4.90 Å². The molecule has 0 amide bonds. The minimum Gasteiger partial charge on any atom is -0.496 e. The van der Waals surface area contributed by atoms with Crippen molar-refractivity contribution in [3.63, 3.8) is 0 Å². The van der Waals surface area contributed by atoms with Crippen LogP contribution in [0.25, 0.3) is 0 Å². The first kappa shape index (κ1) is 26.1. The molecule has 1 aromatic carbocycles. The maximum atomic E-state index is 12.5. The third-order valence-electron chi connectivity index (χ3n) is 4.41. The Hall–Kier alpha value is -0.890. The Morgan fingerprint density at radius 3 is 2.26 bits per heavy atom. The van der Waals surface area contributed by atoms with Crippen LogP contribution in [0.2, 0.25) is 0 Å². The van der Waals surface area contributed by atoms with Gasteiger partial charge in [-0.25, -0.2) is 0 Å². The first-order valence-corrected chi connectivity index (χ1v) is 8.68. The summed E-state index contributed by atoms with van der Waals surface area (Å²) in [5.41, 5.74) is 0.916. The molecule has 0 bridgehead atoms. The fourth-order valence-electron chi connectivity index (χ4n) is 3.18. The Balaban J connectivity index is 0.00000338. The van der Waals surface area contributed by atoms with Crippen LogP contribution in [0.5, 0.6) is 11.5 Å². The first-order valence-electron chi connectivity index (χ1n) is 8.68. The number of methoxy groups -OCH3 is 1. The third-order valence-corrected chi connectivity index (χ3v) is 4.41. The molecule has 2 rings (SSSR count). The summed E-state index contributed by atoms with van der Waals surface area (Å²) in [5, 5.41) is 3.33. The van der Waals surface area contributed by atoms with Crippen LogP contribution >= 0.6 is 24.8 Å². The van der Waals surface area contributed by atoms with E-state index < -0.39 is 6.36 Å². The van der Waals surface area contributed by atoms with Crippen LogP contribution in [-0.4, -0.2) is 44.6 Å². The number of hydrogen-bond acceptors (Lipinski definition) is 4. The molecular weight excluding hydrogens is 404 g/mol. The van der Waals surface area contributed by atoms with E-state index in [1.165, 1.54) is 19.2 Å². The van der Waals surface area contributed by atoms with E-state index in [1.54, 1.807) is 6.07 Å². The van der Waals surface area contributed by atoms with Crippen molar-refractivity contribution >= 4 is 24.8 Å². The number of halogens is 5. The molecule has 1 atom stereocenters. The average molecular weight is 433 g/mol. The van der Waals surface area contributed by atoms with E-state index in [9.17, 15) is 13.2 Å². The molecule has 0 unspecified atom stereocenters. The fourth-order valence-corrected chi connectivity index (χ4v) is 3.18. The van der Waals surface area contributed by atoms with E-state index in [0.717, 1.165) is 44.6 Å². The van der Waals surface area contributed by atoms with Crippen molar-refractivity contribution in [1.82, 2.24) is 10.2 Å². The van der Waals surface area contributed by atoms with E-state index in [-0.39, 0.29) is 36.6 Å². The SMILES string of the molecule is COc1cc(OC(F)(F)F)ccc1[C@@H](CCC(C)C)N1CCNCC1.Cl.Cl.